The Morgan fingerprint density at radius 2 is 0.691 bits per heavy atom. The van der Waals surface area contributed by atoms with Gasteiger partial charge in [-0.15, -0.1) is 0 Å². The van der Waals surface area contributed by atoms with Gasteiger partial charge in [0.25, 0.3) is 0 Å². The van der Waals surface area contributed by atoms with E-state index in [0.717, 1.165) is 51.4 Å². The first kappa shape index (κ1) is 66.1. The maximum atomic E-state index is 12.5. The van der Waals surface area contributed by atoms with Crippen molar-refractivity contribution >= 4 is 11.9 Å². The second kappa shape index (κ2) is 57.7. The Hall–Kier alpha value is -1.92. The molecule has 6 nitrogen and oxygen atoms in total. The lowest BCUT2D eigenvalue weighted by Crippen LogP contribution is -2.45. The fourth-order valence-electron chi connectivity index (χ4n) is 9.21. The summed E-state index contributed by atoms with van der Waals surface area (Å²) in [5.41, 5.74) is 0. The predicted octanol–water partition coefficient (Wildman–Crippen LogP) is 18.8. The average molecular weight is 957 g/mol. The van der Waals surface area contributed by atoms with E-state index in [2.05, 4.69) is 43.5 Å². The third-order valence-electron chi connectivity index (χ3n) is 13.9. The molecule has 0 radical (unpaired) electrons. The van der Waals surface area contributed by atoms with Crippen molar-refractivity contribution in [2.24, 2.45) is 0 Å². The largest absolute Gasteiger partial charge is 0.466 e. The number of hydrogen-bond donors (Lipinski definition) is 3. The predicted molar refractivity (Wildman–Crippen MR) is 296 cm³/mol. The first-order chi connectivity index (χ1) is 33.5. The van der Waals surface area contributed by atoms with Crippen molar-refractivity contribution < 1.29 is 24.5 Å². The highest BCUT2D eigenvalue weighted by atomic mass is 16.5. The topological polar surface area (TPSA) is 95.9 Å². The highest BCUT2D eigenvalue weighted by Crippen LogP contribution is 2.17. The fraction of sp³-hybridized carbons (Fsp3) is 0.871. The van der Waals surface area contributed by atoms with Crippen LogP contribution in [-0.4, -0.2) is 47.4 Å². The highest BCUT2D eigenvalue weighted by molar-refractivity contribution is 5.76. The van der Waals surface area contributed by atoms with Crippen molar-refractivity contribution in [1.82, 2.24) is 5.32 Å². The van der Waals surface area contributed by atoms with Crippen LogP contribution < -0.4 is 5.32 Å². The van der Waals surface area contributed by atoms with Gasteiger partial charge in [0.2, 0.25) is 5.91 Å². The highest BCUT2D eigenvalue weighted by Gasteiger charge is 2.18. The molecule has 0 fully saturated rings. The molecule has 0 saturated carbocycles. The number of hydrogen-bond acceptors (Lipinski definition) is 5. The lowest BCUT2D eigenvalue weighted by atomic mass is 10.0. The average Bonchev–Trinajstić information content (AvgIpc) is 3.34. The van der Waals surface area contributed by atoms with Gasteiger partial charge in [0, 0.05) is 12.8 Å². The van der Waals surface area contributed by atoms with E-state index in [1.165, 1.54) is 244 Å². The van der Waals surface area contributed by atoms with Crippen LogP contribution in [0.25, 0.3) is 0 Å². The standard InChI is InChI=1S/C62H117NO5/c1-3-5-7-9-11-13-15-17-18-19-22-25-28-31-34-38-42-46-50-54-60(65)59(58-64)63-61(66)55-51-47-43-39-35-32-29-26-23-20-21-24-27-30-33-37-41-45-49-53-57-68-62(67)56-52-48-44-40-36-16-14-12-10-8-6-4-2/h12,14,20,23,50,54,59-60,64-65H,3-11,13,15-19,21-22,24-49,51-53,55-58H2,1-2H3,(H,63,66)/b14-12-,23-20-,54-50+. The van der Waals surface area contributed by atoms with E-state index in [-0.39, 0.29) is 18.5 Å². The van der Waals surface area contributed by atoms with Crippen LogP contribution in [0.1, 0.15) is 322 Å². The zero-order valence-corrected chi connectivity index (χ0v) is 45.6. The molecule has 0 aromatic carbocycles. The number of aliphatic hydroxyl groups is 2. The maximum absolute atomic E-state index is 12.5. The molecule has 400 valence electrons. The fourth-order valence-corrected chi connectivity index (χ4v) is 9.21. The number of unbranched alkanes of at least 4 members (excludes halogenated alkanes) is 41. The molecule has 68 heavy (non-hydrogen) atoms. The van der Waals surface area contributed by atoms with Gasteiger partial charge in [0.1, 0.15) is 0 Å². The third kappa shape index (κ3) is 53.4. The van der Waals surface area contributed by atoms with Crippen molar-refractivity contribution in [3.05, 3.63) is 36.5 Å². The molecule has 0 saturated heterocycles. The van der Waals surface area contributed by atoms with Crippen LogP contribution in [0.15, 0.2) is 36.5 Å². The molecular weight excluding hydrogens is 839 g/mol. The molecule has 2 atom stereocenters. The maximum Gasteiger partial charge on any atom is 0.305 e. The van der Waals surface area contributed by atoms with E-state index in [4.69, 9.17) is 4.74 Å². The van der Waals surface area contributed by atoms with Crippen LogP contribution in [0.5, 0.6) is 0 Å². The molecular formula is C62H117NO5. The number of ether oxygens (including phenoxy) is 1. The van der Waals surface area contributed by atoms with Crippen molar-refractivity contribution in [2.75, 3.05) is 13.2 Å². The van der Waals surface area contributed by atoms with Gasteiger partial charge in [-0.25, -0.2) is 0 Å². The third-order valence-corrected chi connectivity index (χ3v) is 13.9. The van der Waals surface area contributed by atoms with E-state index < -0.39 is 12.1 Å². The first-order valence-electron chi connectivity index (χ1n) is 30.3. The number of rotatable bonds is 56. The summed E-state index contributed by atoms with van der Waals surface area (Å²) in [5, 5.41) is 23.2. The second-order valence-electron chi connectivity index (χ2n) is 20.7. The normalized spacial score (nSPS) is 12.8. The molecule has 6 heteroatoms. The molecule has 0 aromatic rings. The van der Waals surface area contributed by atoms with Gasteiger partial charge in [-0.1, -0.05) is 262 Å². The minimum absolute atomic E-state index is 0.00462. The Morgan fingerprint density at radius 3 is 1.07 bits per heavy atom. The number of allylic oxidation sites excluding steroid dienone is 5. The SMILES string of the molecule is CCCCC/C=C\CCCCCCCC(=O)OCCCCCCCCCCC/C=C\CCCCCCCCCC(=O)NC(CO)C(O)/C=C/CCCCCCCCCCCCCCCCCCC. The number of nitrogens with one attached hydrogen (secondary N) is 1. The van der Waals surface area contributed by atoms with Gasteiger partial charge in [0.15, 0.2) is 0 Å². The minimum atomic E-state index is -0.851. The van der Waals surface area contributed by atoms with E-state index in [1.54, 1.807) is 6.08 Å². The zero-order chi connectivity index (χ0) is 49.3. The Morgan fingerprint density at radius 1 is 0.397 bits per heavy atom. The van der Waals surface area contributed by atoms with Gasteiger partial charge in [-0.05, 0) is 83.5 Å². The number of esters is 1. The van der Waals surface area contributed by atoms with Crippen LogP contribution in [0.3, 0.4) is 0 Å². The van der Waals surface area contributed by atoms with Gasteiger partial charge in [-0.2, -0.15) is 0 Å². The van der Waals surface area contributed by atoms with Crippen LogP contribution in [0.4, 0.5) is 0 Å². The molecule has 0 spiro atoms. The molecule has 0 aliphatic carbocycles. The minimum Gasteiger partial charge on any atom is -0.466 e. The molecule has 0 aromatic heterocycles. The van der Waals surface area contributed by atoms with Gasteiger partial charge < -0.3 is 20.3 Å². The molecule has 0 heterocycles. The number of carbonyl (C=O) groups is 2. The molecule has 3 N–H and O–H groups in total. The first-order valence-corrected chi connectivity index (χ1v) is 30.3. The Balaban J connectivity index is 3.48. The van der Waals surface area contributed by atoms with Crippen LogP contribution in [0.2, 0.25) is 0 Å². The summed E-state index contributed by atoms with van der Waals surface area (Å²) < 4.78 is 5.46. The van der Waals surface area contributed by atoms with E-state index in [9.17, 15) is 19.8 Å². The van der Waals surface area contributed by atoms with Crippen LogP contribution >= 0.6 is 0 Å². The van der Waals surface area contributed by atoms with E-state index in [0.29, 0.717) is 19.4 Å². The lowest BCUT2D eigenvalue weighted by molar-refractivity contribution is -0.143. The monoisotopic (exact) mass is 956 g/mol. The van der Waals surface area contributed by atoms with Gasteiger partial charge in [-0.3, -0.25) is 9.59 Å². The van der Waals surface area contributed by atoms with Gasteiger partial charge >= 0.3 is 5.97 Å². The molecule has 0 aliphatic heterocycles. The zero-order valence-electron chi connectivity index (χ0n) is 45.6. The Kier molecular flexibility index (Phi) is 56.0. The summed E-state index contributed by atoms with van der Waals surface area (Å²) in [7, 11) is 0. The number of aliphatic hydroxyl groups excluding tert-OH is 2. The van der Waals surface area contributed by atoms with E-state index >= 15 is 0 Å². The molecule has 0 rings (SSSR count). The summed E-state index contributed by atoms with van der Waals surface area (Å²) in [6.45, 7) is 4.88. The summed E-state index contributed by atoms with van der Waals surface area (Å²) >= 11 is 0. The summed E-state index contributed by atoms with van der Waals surface area (Å²) in [4.78, 5) is 24.5. The number of carbonyl (C=O) groups excluding carboxylic acids is 2. The number of amides is 1. The second-order valence-corrected chi connectivity index (χ2v) is 20.7. The van der Waals surface area contributed by atoms with Crippen molar-refractivity contribution in [2.45, 2.75) is 334 Å². The molecule has 2 unspecified atom stereocenters. The molecule has 0 aliphatic rings. The van der Waals surface area contributed by atoms with Crippen molar-refractivity contribution in [3.63, 3.8) is 0 Å². The van der Waals surface area contributed by atoms with Crippen LogP contribution in [-0.2, 0) is 14.3 Å². The summed E-state index contributed by atoms with van der Waals surface area (Å²) in [6.07, 6.45) is 71.7. The quantitative estimate of drug-likeness (QED) is 0.0321. The van der Waals surface area contributed by atoms with Gasteiger partial charge in [0.05, 0.1) is 25.4 Å². The molecule has 1 amide bonds. The molecule has 0 bridgehead atoms. The smallest absolute Gasteiger partial charge is 0.305 e. The van der Waals surface area contributed by atoms with E-state index in [1.807, 2.05) is 6.08 Å². The lowest BCUT2D eigenvalue weighted by Gasteiger charge is -2.20. The van der Waals surface area contributed by atoms with Crippen molar-refractivity contribution in [1.29, 1.82) is 0 Å². The van der Waals surface area contributed by atoms with Crippen molar-refractivity contribution in [3.8, 4) is 0 Å². The Bertz CT molecular complexity index is 1100. The summed E-state index contributed by atoms with van der Waals surface area (Å²) in [5.74, 6) is -0.0795. The Labute approximate surface area is 424 Å². The van der Waals surface area contributed by atoms with Crippen LogP contribution in [0, 0.1) is 0 Å². The summed E-state index contributed by atoms with van der Waals surface area (Å²) in [6, 6.07) is -0.635.